The third-order valence-electron chi connectivity index (χ3n) is 3.37. The number of anilines is 1. The number of sulfone groups is 1. The molecule has 1 fully saturated rings. The molecule has 0 saturated carbocycles. The van der Waals surface area contributed by atoms with Crippen molar-refractivity contribution in [3.8, 4) is 0 Å². The number of amides is 4. The van der Waals surface area contributed by atoms with Crippen LogP contribution in [0.2, 0.25) is 0 Å². The number of imide groups is 1. The zero-order chi connectivity index (χ0) is 17.0. The van der Waals surface area contributed by atoms with Gasteiger partial charge in [0.1, 0.15) is 6.54 Å². The van der Waals surface area contributed by atoms with Crippen LogP contribution in [0.3, 0.4) is 0 Å². The van der Waals surface area contributed by atoms with Gasteiger partial charge in [-0.2, -0.15) is 0 Å². The number of nitrogens with zero attached hydrogens (tertiary/aromatic N) is 1. The van der Waals surface area contributed by atoms with Crippen LogP contribution < -0.4 is 15.5 Å². The van der Waals surface area contributed by atoms with Gasteiger partial charge in [0, 0.05) is 23.5 Å². The Morgan fingerprint density at radius 1 is 1.26 bits per heavy atom. The normalized spacial score (nSPS) is 14.7. The van der Waals surface area contributed by atoms with Gasteiger partial charge in [0.15, 0.2) is 9.84 Å². The van der Waals surface area contributed by atoms with Crippen LogP contribution in [0, 0.1) is 0 Å². The number of rotatable bonds is 6. The van der Waals surface area contributed by atoms with Gasteiger partial charge < -0.3 is 5.32 Å². The zero-order valence-electron chi connectivity index (χ0n) is 12.5. The number of carbonyl (C=O) groups excluding carboxylic acids is 3. The van der Waals surface area contributed by atoms with Crippen molar-refractivity contribution in [2.45, 2.75) is 6.92 Å². The molecule has 1 aliphatic rings. The molecule has 2 N–H and O–H groups in total. The Hall–Kier alpha value is -2.42. The molecule has 9 heteroatoms. The number of carbonyl (C=O) groups is 3. The second-order valence-corrected chi connectivity index (χ2v) is 7.45. The van der Waals surface area contributed by atoms with Crippen LogP contribution >= 0.6 is 0 Å². The Morgan fingerprint density at radius 2 is 1.91 bits per heavy atom. The molecule has 1 aromatic rings. The maximum absolute atomic E-state index is 11.9. The highest BCUT2D eigenvalue weighted by Crippen LogP contribution is 2.17. The molecule has 1 aromatic carbocycles. The van der Waals surface area contributed by atoms with E-state index in [1.54, 1.807) is 19.1 Å². The van der Waals surface area contributed by atoms with Gasteiger partial charge in [-0.3, -0.25) is 19.8 Å². The summed E-state index contributed by atoms with van der Waals surface area (Å²) in [6.07, 6.45) is 0. The van der Waals surface area contributed by atoms with E-state index in [1.807, 2.05) is 0 Å². The van der Waals surface area contributed by atoms with Gasteiger partial charge in [0.2, 0.25) is 5.91 Å². The summed E-state index contributed by atoms with van der Waals surface area (Å²) >= 11 is 0. The lowest BCUT2D eigenvalue weighted by molar-refractivity contribution is -0.117. The van der Waals surface area contributed by atoms with Crippen LogP contribution in [0.4, 0.5) is 10.5 Å². The monoisotopic (exact) mass is 339 g/mol. The lowest BCUT2D eigenvalue weighted by Crippen LogP contribution is -2.30. The van der Waals surface area contributed by atoms with Crippen LogP contribution in [-0.4, -0.2) is 50.9 Å². The van der Waals surface area contributed by atoms with E-state index in [1.165, 1.54) is 17.0 Å². The van der Waals surface area contributed by atoms with Crippen molar-refractivity contribution < 1.29 is 22.8 Å². The zero-order valence-corrected chi connectivity index (χ0v) is 13.4. The molecule has 0 unspecified atom stereocenters. The Morgan fingerprint density at radius 3 is 2.43 bits per heavy atom. The van der Waals surface area contributed by atoms with Gasteiger partial charge >= 0.3 is 6.03 Å². The van der Waals surface area contributed by atoms with E-state index in [0.717, 1.165) is 0 Å². The Labute approximate surface area is 133 Å². The molecule has 0 bridgehead atoms. The maximum Gasteiger partial charge on any atom is 0.329 e. The topological polar surface area (TPSA) is 113 Å². The van der Waals surface area contributed by atoms with Crippen LogP contribution in [-0.2, 0) is 14.6 Å². The molecule has 1 heterocycles. The van der Waals surface area contributed by atoms with Gasteiger partial charge in [-0.15, -0.1) is 0 Å². The van der Waals surface area contributed by atoms with E-state index in [2.05, 4.69) is 10.6 Å². The van der Waals surface area contributed by atoms with Crippen molar-refractivity contribution in [3.63, 3.8) is 0 Å². The highest BCUT2D eigenvalue weighted by molar-refractivity contribution is 7.91. The Bertz CT molecular complexity index is 727. The summed E-state index contributed by atoms with van der Waals surface area (Å²) in [5, 5.41) is 4.69. The largest absolute Gasteiger partial charge is 0.351 e. The number of nitrogens with one attached hydrogen (secondary N) is 2. The lowest BCUT2D eigenvalue weighted by atomic mass is 10.2. The first-order chi connectivity index (χ1) is 10.8. The third-order valence-corrected chi connectivity index (χ3v) is 5.08. The molecule has 1 saturated heterocycles. The summed E-state index contributed by atoms with van der Waals surface area (Å²) in [5.41, 5.74) is 0.840. The van der Waals surface area contributed by atoms with Gasteiger partial charge in [0.25, 0.3) is 5.91 Å². The highest BCUT2D eigenvalue weighted by Gasteiger charge is 2.27. The summed E-state index contributed by atoms with van der Waals surface area (Å²) in [7, 11) is -3.12. The molecule has 0 aliphatic carbocycles. The van der Waals surface area contributed by atoms with Gasteiger partial charge in [-0.1, -0.05) is 6.92 Å². The fraction of sp³-hybridized carbons (Fsp3) is 0.357. The summed E-state index contributed by atoms with van der Waals surface area (Å²) in [5.74, 6) is -0.851. The number of benzene rings is 1. The summed E-state index contributed by atoms with van der Waals surface area (Å²) < 4.78 is 22.7. The van der Waals surface area contributed by atoms with Crippen molar-refractivity contribution in [2.24, 2.45) is 0 Å². The number of hydrogen-bond donors (Lipinski definition) is 2. The molecule has 0 spiro atoms. The van der Waals surface area contributed by atoms with Crippen LogP contribution in [0.5, 0.6) is 0 Å². The lowest BCUT2D eigenvalue weighted by Gasteiger charge is -2.13. The van der Waals surface area contributed by atoms with Crippen LogP contribution in [0.15, 0.2) is 24.3 Å². The van der Waals surface area contributed by atoms with Crippen molar-refractivity contribution in [1.29, 1.82) is 0 Å². The predicted molar refractivity (Wildman–Crippen MR) is 84.0 cm³/mol. The average Bonchev–Trinajstić information content (AvgIpc) is 2.86. The van der Waals surface area contributed by atoms with Crippen molar-refractivity contribution in [2.75, 3.05) is 29.5 Å². The number of urea groups is 1. The maximum atomic E-state index is 11.9. The first-order valence-corrected chi connectivity index (χ1v) is 8.84. The molecule has 0 atom stereocenters. The van der Waals surface area contributed by atoms with Gasteiger partial charge in [0.05, 0.1) is 5.75 Å². The van der Waals surface area contributed by atoms with Crippen molar-refractivity contribution in [3.05, 3.63) is 29.8 Å². The van der Waals surface area contributed by atoms with E-state index in [-0.39, 0.29) is 30.5 Å². The van der Waals surface area contributed by atoms with E-state index >= 15 is 0 Å². The fourth-order valence-electron chi connectivity index (χ4n) is 2.01. The minimum Gasteiger partial charge on any atom is -0.351 e. The second-order valence-electron chi connectivity index (χ2n) is 4.98. The molecule has 0 aromatic heterocycles. The molecule has 23 heavy (non-hydrogen) atoms. The second kappa shape index (κ2) is 6.78. The first-order valence-electron chi connectivity index (χ1n) is 7.02. The van der Waals surface area contributed by atoms with Crippen LogP contribution in [0.25, 0.3) is 0 Å². The summed E-state index contributed by atoms with van der Waals surface area (Å²) in [6, 6.07) is 5.62. The molecule has 4 amide bonds. The van der Waals surface area contributed by atoms with Crippen molar-refractivity contribution in [1.82, 2.24) is 10.6 Å². The standard InChI is InChI=1S/C14H17N3O5S/c1-2-23(21,22)8-7-15-13(19)10-3-5-11(6-4-10)17-9-12(18)16-14(17)20/h3-6H,2,7-9H2,1H3,(H,15,19)(H,16,18,20). The first kappa shape index (κ1) is 16.9. The number of hydrogen-bond acceptors (Lipinski definition) is 5. The summed E-state index contributed by atoms with van der Waals surface area (Å²) in [4.78, 5) is 35.9. The molecule has 2 rings (SSSR count). The van der Waals surface area contributed by atoms with E-state index in [9.17, 15) is 22.8 Å². The molecular weight excluding hydrogens is 322 g/mol. The minimum absolute atomic E-state index is 0.0359. The molecule has 124 valence electrons. The average molecular weight is 339 g/mol. The van der Waals surface area contributed by atoms with Crippen LogP contribution in [0.1, 0.15) is 17.3 Å². The highest BCUT2D eigenvalue weighted by atomic mass is 32.2. The molecule has 8 nitrogen and oxygen atoms in total. The van der Waals surface area contributed by atoms with Gasteiger partial charge in [-0.25, -0.2) is 13.2 Å². The van der Waals surface area contributed by atoms with E-state index in [4.69, 9.17) is 0 Å². The molecule has 1 aliphatic heterocycles. The summed E-state index contributed by atoms with van der Waals surface area (Å²) in [6.45, 7) is 1.54. The molecule has 0 radical (unpaired) electrons. The Balaban J connectivity index is 1.95. The minimum atomic E-state index is -3.12. The smallest absolute Gasteiger partial charge is 0.329 e. The fourth-order valence-corrected chi connectivity index (χ4v) is 2.71. The quantitative estimate of drug-likeness (QED) is 0.703. The third kappa shape index (κ3) is 4.28. The Kier molecular flexibility index (Phi) is 4.99. The SMILES string of the molecule is CCS(=O)(=O)CCNC(=O)c1ccc(N2CC(=O)NC2=O)cc1. The van der Waals surface area contributed by atoms with E-state index in [0.29, 0.717) is 11.3 Å². The van der Waals surface area contributed by atoms with E-state index < -0.39 is 21.8 Å². The van der Waals surface area contributed by atoms with Gasteiger partial charge in [-0.05, 0) is 24.3 Å². The van der Waals surface area contributed by atoms with Crippen molar-refractivity contribution >= 4 is 33.4 Å². The molecular formula is C14H17N3O5S. The predicted octanol–water partition coefficient (Wildman–Crippen LogP) is -0.0927.